The van der Waals surface area contributed by atoms with Crippen LogP contribution in [0, 0.1) is 11.6 Å². The zero-order valence-electron chi connectivity index (χ0n) is 16.5. The number of esters is 1. The summed E-state index contributed by atoms with van der Waals surface area (Å²) >= 11 is 0.712. The second-order valence-corrected chi connectivity index (χ2v) is 7.61. The van der Waals surface area contributed by atoms with E-state index in [-0.39, 0.29) is 21.3 Å². The van der Waals surface area contributed by atoms with Crippen molar-refractivity contribution in [3.63, 3.8) is 0 Å². The van der Waals surface area contributed by atoms with Gasteiger partial charge in [-0.25, -0.2) is 13.6 Å². The second kappa shape index (κ2) is 8.72. The highest BCUT2D eigenvalue weighted by Gasteiger charge is 2.37. The number of thioether (sulfide) groups is 1. The highest BCUT2D eigenvalue weighted by Crippen LogP contribution is 2.36. The fourth-order valence-electron chi connectivity index (χ4n) is 3.15. The van der Waals surface area contributed by atoms with Gasteiger partial charge in [0.2, 0.25) is 0 Å². The summed E-state index contributed by atoms with van der Waals surface area (Å²) in [6.45, 7) is 0. The van der Waals surface area contributed by atoms with Crippen LogP contribution in [0.1, 0.15) is 10.4 Å². The lowest BCUT2D eigenvalue weighted by atomic mass is 10.0. The molecule has 1 heterocycles. The Labute approximate surface area is 185 Å². The van der Waals surface area contributed by atoms with E-state index in [9.17, 15) is 23.2 Å². The molecule has 1 fully saturated rings. The number of nitrogens with zero attached hydrogens (tertiary/aromatic N) is 2. The minimum Gasteiger partial charge on any atom is -0.466 e. The van der Waals surface area contributed by atoms with E-state index >= 15 is 0 Å². The van der Waals surface area contributed by atoms with Crippen molar-refractivity contribution in [2.75, 3.05) is 12.0 Å². The molecule has 2 amide bonds. The highest BCUT2D eigenvalue weighted by atomic mass is 32.2. The summed E-state index contributed by atoms with van der Waals surface area (Å²) in [6.07, 6.45) is 0.923. The van der Waals surface area contributed by atoms with Crippen LogP contribution in [0.3, 0.4) is 0 Å². The summed E-state index contributed by atoms with van der Waals surface area (Å²) < 4.78 is 32.4. The molecule has 0 aliphatic carbocycles. The van der Waals surface area contributed by atoms with Gasteiger partial charge in [0.15, 0.2) is 5.17 Å². The van der Waals surface area contributed by atoms with Gasteiger partial charge in [-0.3, -0.25) is 14.5 Å². The Balaban J connectivity index is 1.82. The predicted molar refractivity (Wildman–Crippen MR) is 117 cm³/mol. The van der Waals surface area contributed by atoms with Gasteiger partial charge in [-0.2, -0.15) is 4.99 Å². The third kappa shape index (κ3) is 4.02. The van der Waals surface area contributed by atoms with Gasteiger partial charge in [-0.05, 0) is 40.7 Å². The maximum absolute atomic E-state index is 14.5. The van der Waals surface area contributed by atoms with Crippen molar-refractivity contribution in [1.29, 1.82) is 0 Å². The average molecular weight is 452 g/mol. The van der Waals surface area contributed by atoms with Crippen LogP contribution in [-0.2, 0) is 14.3 Å². The summed E-state index contributed by atoms with van der Waals surface area (Å²) in [7, 11) is 1.14. The number of benzene rings is 3. The van der Waals surface area contributed by atoms with E-state index in [1.54, 1.807) is 24.3 Å². The molecule has 1 aliphatic heterocycles. The lowest BCUT2D eigenvalue weighted by Crippen LogP contribution is -2.30. The molecule has 1 saturated heterocycles. The minimum absolute atomic E-state index is 0.120. The smallest absolute Gasteiger partial charge is 0.331 e. The molecule has 0 atom stereocenters. The molecule has 0 saturated carbocycles. The van der Waals surface area contributed by atoms with Gasteiger partial charge in [-0.1, -0.05) is 36.4 Å². The zero-order chi connectivity index (χ0) is 22.8. The lowest BCUT2D eigenvalue weighted by Gasteiger charge is -2.16. The Morgan fingerprint density at radius 2 is 1.81 bits per heavy atom. The number of fused-ring (bicyclic) bond motifs is 1. The molecule has 3 aromatic carbocycles. The van der Waals surface area contributed by atoms with Gasteiger partial charge in [0.25, 0.3) is 11.8 Å². The van der Waals surface area contributed by atoms with Gasteiger partial charge in [0.1, 0.15) is 11.6 Å². The van der Waals surface area contributed by atoms with Crippen molar-refractivity contribution in [2.45, 2.75) is 0 Å². The molecule has 32 heavy (non-hydrogen) atoms. The van der Waals surface area contributed by atoms with Crippen LogP contribution >= 0.6 is 11.8 Å². The van der Waals surface area contributed by atoms with E-state index in [0.717, 1.165) is 35.6 Å². The number of anilines is 1. The molecule has 3 aromatic rings. The number of amidine groups is 1. The Bertz CT molecular complexity index is 1330. The largest absolute Gasteiger partial charge is 0.466 e. The van der Waals surface area contributed by atoms with Crippen LogP contribution in [0.2, 0.25) is 0 Å². The Morgan fingerprint density at radius 3 is 2.56 bits per heavy atom. The molecular formula is C23H14F2N2O4S. The summed E-state index contributed by atoms with van der Waals surface area (Å²) in [4.78, 5) is 42.3. The normalized spacial score (nSPS) is 16.2. The van der Waals surface area contributed by atoms with Gasteiger partial charge < -0.3 is 4.74 Å². The first-order chi connectivity index (χ1) is 15.4. The standard InChI is InChI=1S/C23H14F2N2O4S/c1-31-20(28)12-19-22(30)27(18-10-9-14(24)11-17(18)25)23(32-19)26-21(29)16-8-4-6-13-5-2-3-7-15(13)16/h2-12H,1H3/b19-12-,26-23?. The van der Waals surface area contributed by atoms with E-state index in [1.165, 1.54) is 0 Å². The molecule has 0 unspecified atom stereocenters. The van der Waals surface area contributed by atoms with Crippen LogP contribution in [0.5, 0.6) is 0 Å². The molecule has 9 heteroatoms. The van der Waals surface area contributed by atoms with Crippen molar-refractivity contribution in [1.82, 2.24) is 0 Å². The number of ether oxygens (including phenoxy) is 1. The lowest BCUT2D eigenvalue weighted by molar-refractivity contribution is -0.135. The van der Waals surface area contributed by atoms with Crippen LogP contribution < -0.4 is 4.90 Å². The van der Waals surface area contributed by atoms with E-state index in [4.69, 9.17) is 0 Å². The molecule has 6 nitrogen and oxygen atoms in total. The minimum atomic E-state index is -1.02. The fraction of sp³-hybridized carbons (Fsp3) is 0.0435. The monoisotopic (exact) mass is 452 g/mol. The molecule has 0 radical (unpaired) electrons. The predicted octanol–water partition coefficient (Wildman–Crippen LogP) is 4.45. The van der Waals surface area contributed by atoms with E-state index in [2.05, 4.69) is 9.73 Å². The number of methoxy groups -OCH3 is 1. The number of rotatable bonds is 3. The van der Waals surface area contributed by atoms with Crippen molar-refractivity contribution in [2.24, 2.45) is 4.99 Å². The van der Waals surface area contributed by atoms with Crippen molar-refractivity contribution < 1.29 is 27.9 Å². The van der Waals surface area contributed by atoms with Gasteiger partial charge >= 0.3 is 5.97 Å². The molecule has 160 valence electrons. The van der Waals surface area contributed by atoms with Crippen LogP contribution in [0.25, 0.3) is 10.8 Å². The number of amides is 2. The van der Waals surface area contributed by atoms with Crippen LogP contribution in [0.4, 0.5) is 14.5 Å². The summed E-state index contributed by atoms with van der Waals surface area (Å²) in [5.41, 5.74) is -0.0183. The quantitative estimate of drug-likeness (QED) is 0.434. The van der Waals surface area contributed by atoms with E-state index < -0.39 is 29.4 Å². The first-order valence-corrected chi connectivity index (χ1v) is 10.1. The number of hydrogen-bond donors (Lipinski definition) is 0. The van der Waals surface area contributed by atoms with Gasteiger partial charge in [0, 0.05) is 17.7 Å². The number of halogens is 2. The van der Waals surface area contributed by atoms with E-state index in [0.29, 0.717) is 23.2 Å². The average Bonchev–Trinajstić information content (AvgIpc) is 3.07. The summed E-state index contributed by atoms with van der Waals surface area (Å²) in [5, 5.41) is 1.30. The number of carbonyl (C=O) groups excluding carboxylic acids is 3. The van der Waals surface area contributed by atoms with E-state index in [1.807, 2.05) is 18.2 Å². The molecular weight excluding hydrogens is 438 g/mol. The third-order valence-corrected chi connectivity index (χ3v) is 5.59. The Hall–Kier alpha value is -3.85. The first kappa shape index (κ1) is 21.4. The Morgan fingerprint density at radius 1 is 1.06 bits per heavy atom. The molecule has 0 N–H and O–H groups in total. The zero-order valence-corrected chi connectivity index (χ0v) is 17.4. The summed E-state index contributed by atoms with van der Waals surface area (Å²) in [5.74, 6) is -4.12. The molecule has 1 aliphatic rings. The molecule has 0 aromatic heterocycles. The van der Waals surface area contributed by atoms with Crippen molar-refractivity contribution >= 4 is 51.2 Å². The number of carbonyl (C=O) groups is 3. The van der Waals surface area contributed by atoms with Crippen molar-refractivity contribution in [3.8, 4) is 0 Å². The van der Waals surface area contributed by atoms with Crippen LogP contribution in [-0.4, -0.2) is 30.1 Å². The van der Waals surface area contributed by atoms with Gasteiger partial charge in [0.05, 0.1) is 17.7 Å². The van der Waals surface area contributed by atoms with Crippen molar-refractivity contribution in [3.05, 3.63) is 88.8 Å². The first-order valence-electron chi connectivity index (χ1n) is 9.27. The SMILES string of the molecule is COC(=O)/C=C1\SC(=NC(=O)c2cccc3ccccc23)N(c2ccc(F)cc2F)C1=O. The van der Waals surface area contributed by atoms with Crippen LogP contribution in [0.15, 0.2) is 76.6 Å². The number of aliphatic imine (C=N–C) groups is 1. The second-order valence-electron chi connectivity index (χ2n) is 6.60. The molecule has 4 rings (SSSR count). The molecule has 0 spiro atoms. The maximum atomic E-state index is 14.5. The fourth-order valence-corrected chi connectivity index (χ4v) is 4.08. The highest BCUT2D eigenvalue weighted by molar-refractivity contribution is 8.19. The van der Waals surface area contributed by atoms with Gasteiger partial charge in [-0.15, -0.1) is 0 Å². The Kier molecular flexibility index (Phi) is 5.83. The topological polar surface area (TPSA) is 76.0 Å². The molecule has 0 bridgehead atoms. The third-order valence-electron chi connectivity index (χ3n) is 4.62. The summed E-state index contributed by atoms with van der Waals surface area (Å²) in [6, 6.07) is 15.0. The maximum Gasteiger partial charge on any atom is 0.331 e. The number of hydrogen-bond acceptors (Lipinski definition) is 5.